The van der Waals surface area contributed by atoms with Crippen molar-refractivity contribution in [1.82, 2.24) is 9.78 Å². The lowest BCUT2D eigenvalue weighted by Crippen LogP contribution is -1.95. The molecule has 3 nitrogen and oxygen atoms in total. The number of aldehydes is 1. The zero-order chi connectivity index (χ0) is 11.7. The highest BCUT2D eigenvalue weighted by Gasteiger charge is 2.06. The average molecular weight is 214 g/mol. The lowest BCUT2D eigenvalue weighted by atomic mass is 10.0. The van der Waals surface area contributed by atoms with E-state index in [0.717, 1.165) is 17.5 Å². The number of hydrogen-bond acceptors (Lipinski definition) is 2. The Kier molecular flexibility index (Phi) is 2.60. The molecule has 1 aromatic heterocycles. The van der Waals surface area contributed by atoms with E-state index in [2.05, 4.69) is 31.1 Å². The maximum atomic E-state index is 10.7. The Bertz CT molecular complexity index is 541. The van der Waals surface area contributed by atoms with Gasteiger partial charge in [-0.2, -0.15) is 5.10 Å². The van der Waals surface area contributed by atoms with Crippen LogP contribution < -0.4 is 0 Å². The molecule has 0 amide bonds. The summed E-state index contributed by atoms with van der Waals surface area (Å²) in [5.74, 6) is 0. The summed E-state index contributed by atoms with van der Waals surface area (Å²) >= 11 is 0. The van der Waals surface area contributed by atoms with E-state index in [9.17, 15) is 4.79 Å². The highest BCUT2D eigenvalue weighted by molar-refractivity contribution is 5.76. The molecule has 16 heavy (non-hydrogen) atoms. The van der Waals surface area contributed by atoms with E-state index in [1.165, 1.54) is 11.1 Å². The lowest BCUT2D eigenvalue weighted by Gasteiger charge is -2.02. The summed E-state index contributed by atoms with van der Waals surface area (Å²) < 4.78 is 1.59. The predicted octanol–water partition coefficient (Wildman–Crippen LogP) is 2.52. The molecule has 1 aromatic carbocycles. The zero-order valence-electron chi connectivity index (χ0n) is 9.69. The summed E-state index contributed by atoms with van der Waals surface area (Å²) in [6, 6.07) is 7.99. The number of benzene rings is 1. The number of aromatic nitrogens is 2. The summed E-state index contributed by atoms with van der Waals surface area (Å²) in [6.45, 7) is 4.15. The first kappa shape index (κ1) is 10.6. The number of aryl methyl sites for hydroxylation is 3. The number of carbonyl (C=O) groups is 1. The lowest BCUT2D eigenvalue weighted by molar-refractivity contribution is 0.111. The van der Waals surface area contributed by atoms with Crippen LogP contribution in [-0.4, -0.2) is 16.1 Å². The smallest absolute Gasteiger partial charge is 0.168 e. The SMILES string of the molecule is Cc1ccc(-c2cc(C=O)n(C)n2)cc1C. The van der Waals surface area contributed by atoms with Gasteiger partial charge in [-0.1, -0.05) is 12.1 Å². The quantitative estimate of drug-likeness (QED) is 0.720. The molecule has 0 atom stereocenters. The highest BCUT2D eigenvalue weighted by Crippen LogP contribution is 2.21. The summed E-state index contributed by atoms with van der Waals surface area (Å²) in [5.41, 5.74) is 4.97. The highest BCUT2D eigenvalue weighted by atomic mass is 16.1. The molecule has 0 aliphatic heterocycles. The van der Waals surface area contributed by atoms with Gasteiger partial charge in [0.2, 0.25) is 0 Å². The zero-order valence-corrected chi connectivity index (χ0v) is 9.69. The van der Waals surface area contributed by atoms with Gasteiger partial charge >= 0.3 is 0 Å². The molecule has 0 saturated carbocycles. The number of hydrogen-bond donors (Lipinski definition) is 0. The first-order valence-electron chi connectivity index (χ1n) is 5.18. The maximum Gasteiger partial charge on any atom is 0.168 e. The minimum Gasteiger partial charge on any atom is -0.296 e. The molecule has 2 aromatic rings. The first-order valence-corrected chi connectivity index (χ1v) is 5.18. The fourth-order valence-electron chi connectivity index (χ4n) is 1.63. The summed E-state index contributed by atoms with van der Waals surface area (Å²) in [4.78, 5) is 10.7. The van der Waals surface area contributed by atoms with Gasteiger partial charge in [0.05, 0.1) is 5.69 Å². The Morgan fingerprint density at radius 3 is 2.50 bits per heavy atom. The maximum absolute atomic E-state index is 10.7. The fourth-order valence-corrected chi connectivity index (χ4v) is 1.63. The van der Waals surface area contributed by atoms with E-state index in [1.54, 1.807) is 17.8 Å². The third kappa shape index (κ3) is 1.76. The Labute approximate surface area is 94.7 Å². The van der Waals surface area contributed by atoms with E-state index in [-0.39, 0.29) is 0 Å². The molecule has 0 spiro atoms. The van der Waals surface area contributed by atoms with Crippen molar-refractivity contribution >= 4 is 6.29 Å². The molecule has 82 valence electrons. The van der Waals surface area contributed by atoms with Crippen molar-refractivity contribution < 1.29 is 4.79 Å². The monoisotopic (exact) mass is 214 g/mol. The van der Waals surface area contributed by atoms with Crippen molar-refractivity contribution in [3.05, 3.63) is 41.1 Å². The van der Waals surface area contributed by atoms with E-state index >= 15 is 0 Å². The fraction of sp³-hybridized carbons (Fsp3) is 0.231. The Morgan fingerprint density at radius 1 is 1.19 bits per heavy atom. The van der Waals surface area contributed by atoms with Gasteiger partial charge in [0.25, 0.3) is 0 Å². The summed E-state index contributed by atoms with van der Waals surface area (Å²) in [6.07, 6.45) is 0.817. The molecular formula is C13H14N2O. The van der Waals surface area contributed by atoms with E-state index in [4.69, 9.17) is 0 Å². The van der Waals surface area contributed by atoms with Gasteiger partial charge in [-0.05, 0) is 37.1 Å². The number of rotatable bonds is 2. The van der Waals surface area contributed by atoms with Crippen molar-refractivity contribution in [1.29, 1.82) is 0 Å². The largest absolute Gasteiger partial charge is 0.296 e. The Balaban J connectivity index is 2.50. The van der Waals surface area contributed by atoms with Gasteiger partial charge < -0.3 is 0 Å². The van der Waals surface area contributed by atoms with Crippen LogP contribution in [0.25, 0.3) is 11.3 Å². The molecule has 0 radical (unpaired) electrons. The van der Waals surface area contributed by atoms with Crippen LogP contribution in [0.4, 0.5) is 0 Å². The molecule has 0 unspecified atom stereocenters. The van der Waals surface area contributed by atoms with E-state index in [0.29, 0.717) is 5.69 Å². The molecule has 3 heteroatoms. The molecule has 0 aliphatic carbocycles. The Hall–Kier alpha value is -1.90. The van der Waals surface area contributed by atoms with Crippen LogP contribution >= 0.6 is 0 Å². The van der Waals surface area contributed by atoms with Crippen molar-refractivity contribution in [2.75, 3.05) is 0 Å². The third-order valence-electron chi connectivity index (χ3n) is 2.84. The van der Waals surface area contributed by atoms with Crippen LogP contribution in [-0.2, 0) is 7.05 Å². The topological polar surface area (TPSA) is 34.9 Å². The molecule has 1 heterocycles. The van der Waals surface area contributed by atoms with Crippen LogP contribution in [0.5, 0.6) is 0 Å². The summed E-state index contributed by atoms with van der Waals surface area (Å²) in [7, 11) is 1.77. The van der Waals surface area contributed by atoms with Gasteiger partial charge in [-0.3, -0.25) is 9.48 Å². The first-order chi connectivity index (χ1) is 7.61. The molecule has 0 fully saturated rings. The summed E-state index contributed by atoms with van der Waals surface area (Å²) in [5, 5.41) is 4.31. The van der Waals surface area contributed by atoms with Gasteiger partial charge in [0, 0.05) is 12.6 Å². The van der Waals surface area contributed by atoms with Crippen molar-refractivity contribution in [2.24, 2.45) is 7.05 Å². The van der Waals surface area contributed by atoms with Crippen LogP contribution in [0.3, 0.4) is 0 Å². The van der Waals surface area contributed by atoms with Gasteiger partial charge in [-0.15, -0.1) is 0 Å². The average Bonchev–Trinajstić information content (AvgIpc) is 2.64. The second-order valence-corrected chi connectivity index (χ2v) is 3.99. The van der Waals surface area contributed by atoms with Gasteiger partial charge in [-0.25, -0.2) is 0 Å². The minimum absolute atomic E-state index is 0.591. The minimum atomic E-state index is 0.591. The molecule has 0 N–H and O–H groups in total. The number of nitrogens with zero attached hydrogens (tertiary/aromatic N) is 2. The molecule has 0 saturated heterocycles. The molecule has 0 aliphatic rings. The number of carbonyl (C=O) groups excluding carboxylic acids is 1. The normalized spacial score (nSPS) is 10.4. The van der Waals surface area contributed by atoms with Crippen molar-refractivity contribution in [3.63, 3.8) is 0 Å². The predicted molar refractivity (Wildman–Crippen MR) is 63.5 cm³/mol. The van der Waals surface area contributed by atoms with Gasteiger partial charge in [0.1, 0.15) is 5.69 Å². The second kappa shape index (κ2) is 3.93. The molecular weight excluding hydrogens is 200 g/mol. The van der Waals surface area contributed by atoms with Gasteiger partial charge in [0.15, 0.2) is 6.29 Å². The van der Waals surface area contributed by atoms with Crippen LogP contribution in [0.15, 0.2) is 24.3 Å². The second-order valence-electron chi connectivity index (χ2n) is 3.99. The van der Waals surface area contributed by atoms with Crippen molar-refractivity contribution in [3.8, 4) is 11.3 Å². The molecule has 2 rings (SSSR count). The van der Waals surface area contributed by atoms with E-state index in [1.807, 2.05) is 6.07 Å². The Morgan fingerprint density at radius 2 is 1.94 bits per heavy atom. The van der Waals surface area contributed by atoms with Crippen LogP contribution in [0.2, 0.25) is 0 Å². The van der Waals surface area contributed by atoms with E-state index < -0.39 is 0 Å². The third-order valence-corrected chi connectivity index (χ3v) is 2.84. The standard InChI is InChI=1S/C13H14N2O/c1-9-4-5-11(6-10(9)2)13-7-12(8-16)15(3)14-13/h4-8H,1-3H3. The van der Waals surface area contributed by atoms with Crippen molar-refractivity contribution in [2.45, 2.75) is 13.8 Å². The molecule has 0 bridgehead atoms. The van der Waals surface area contributed by atoms with Crippen LogP contribution in [0, 0.1) is 13.8 Å². The van der Waals surface area contributed by atoms with Crippen LogP contribution in [0.1, 0.15) is 21.6 Å².